The van der Waals surface area contributed by atoms with Crippen LogP contribution in [0, 0.1) is 6.92 Å². The minimum atomic E-state index is 0.408. The lowest BCUT2D eigenvalue weighted by atomic mass is 10.1. The number of aromatic nitrogens is 3. The largest absolute Gasteiger partial charge is 0.497 e. The van der Waals surface area contributed by atoms with Crippen molar-refractivity contribution in [1.29, 1.82) is 0 Å². The number of aryl methyl sites for hydroxylation is 1. The van der Waals surface area contributed by atoms with Gasteiger partial charge in [0, 0.05) is 18.3 Å². The summed E-state index contributed by atoms with van der Waals surface area (Å²) in [5.74, 6) is 2.11. The molecule has 8 nitrogen and oxygen atoms in total. The van der Waals surface area contributed by atoms with E-state index in [4.69, 9.17) is 9.15 Å². The van der Waals surface area contributed by atoms with Crippen LogP contribution >= 0.6 is 0 Å². The lowest BCUT2D eigenvalue weighted by Crippen LogP contribution is -2.36. The molecule has 0 saturated carbocycles. The van der Waals surface area contributed by atoms with Gasteiger partial charge in [0.15, 0.2) is 5.96 Å². The summed E-state index contributed by atoms with van der Waals surface area (Å²) in [6.07, 6.45) is 3.59. The van der Waals surface area contributed by atoms with Crippen LogP contribution < -0.4 is 15.4 Å². The van der Waals surface area contributed by atoms with Gasteiger partial charge in [0.05, 0.1) is 31.6 Å². The molecule has 0 amide bonds. The normalized spacial score (nSPS) is 11.4. The second kappa shape index (κ2) is 10.5. The van der Waals surface area contributed by atoms with Gasteiger partial charge in [0.2, 0.25) is 5.89 Å². The minimum Gasteiger partial charge on any atom is -0.497 e. The van der Waals surface area contributed by atoms with E-state index in [0.29, 0.717) is 24.9 Å². The van der Waals surface area contributed by atoms with Crippen molar-refractivity contribution in [2.24, 2.45) is 4.99 Å². The monoisotopic (exact) mass is 444 g/mol. The third-order valence-corrected chi connectivity index (χ3v) is 5.01. The number of nitrogens with one attached hydrogen (secondary N) is 2. The predicted octanol–water partition coefficient (Wildman–Crippen LogP) is 4.10. The Labute approximate surface area is 193 Å². The van der Waals surface area contributed by atoms with Crippen molar-refractivity contribution >= 4 is 5.96 Å². The number of guanidine groups is 1. The maximum atomic E-state index is 5.63. The Morgan fingerprint density at radius 3 is 2.55 bits per heavy atom. The zero-order valence-corrected chi connectivity index (χ0v) is 19.1. The van der Waals surface area contributed by atoms with E-state index >= 15 is 0 Å². The summed E-state index contributed by atoms with van der Waals surface area (Å²) >= 11 is 0. The van der Waals surface area contributed by atoms with Crippen LogP contribution in [0.25, 0.3) is 17.1 Å². The van der Waals surface area contributed by atoms with Gasteiger partial charge in [-0.3, -0.25) is 0 Å². The molecule has 0 radical (unpaired) electrons. The standard InChI is InChI=1S/C25H28N6O2/c1-4-26-25(28-16-21-17-33-24(29-21)19-7-5-18(2)6-8-19)27-15-20-13-14-31(30-20)22-9-11-23(32-3)12-10-22/h5-14,17H,4,15-16H2,1-3H3,(H2,26,27,28). The van der Waals surface area contributed by atoms with E-state index in [2.05, 4.69) is 32.6 Å². The number of aliphatic imine (C=N–C) groups is 1. The molecule has 0 atom stereocenters. The number of oxazole rings is 1. The molecule has 0 unspecified atom stereocenters. The van der Waals surface area contributed by atoms with Gasteiger partial charge in [-0.2, -0.15) is 5.10 Å². The molecule has 0 bridgehead atoms. The van der Waals surface area contributed by atoms with E-state index in [0.717, 1.165) is 34.9 Å². The number of hydrogen-bond donors (Lipinski definition) is 2. The summed E-state index contributed by atoms with van der Waals surface area (Å²) in [5.41, 5.74) is 4.79. The van der Waals surface area contributed by atoms with Crippen LogP contribution in [0.5, 0.6) is 5.75 Å². The molecule has 0 fully saturated rings. The highest BCUT2D eigenvalue weighted by molar-refractivity contribution is 5.79. The first-order valence-electron chi connectivity index (χ1n) is 10.9. The zero-order valence-electron chi connectivity index (χ0n) is 19.1. The molecule has 170 valence electrons. The topological polar surface area (TPSA) is 89.5 Å². The van der Waals surface area contributed by atoms with Crippen LogP contribution in [0.1, 0.15) is 23.9 Å². The molecule has 0 aliphatic carbocycles. The first-order chi connectivity index (χ1) is 16.1. The Kier molecular flexibility index (Phi) is 7.04. The minimum absolute atomic E-state index is 0.408. The average Bonchev–Trinajstić information content (AvgIpc) is 3.51. The highest BCUT2D eigenvalue weighted by atomic mass is 16.5. The molecule has 4 rings (SSSR count). The van der Waals surface area contributed by atoms with Crippen molar-refractivity contribution in [2.75, 3.05) is 13.7 Å². The van der Waals surface area contributed by atoms with E-state index in [1.54, 1.807) is 13.4 Å². The number of rotatable bonds is 8. The molecule has 8 heteroatoms. The second-order valence-corrected chi connectivity index (χ2v) is 7.51. The third kappa shape index (κ3) is 5.79. The number of benzene rings is 2. The van der Waals surface area contributed by atoms with E-state index in [1.807, 2.05) is 72.4 Å². The van der Waals surface area contributed by atoms with Gasteiger partial charge >= 0.3 is 0 Å². The lowest BCUT2D eigenvalue weighted by molar-refractivity contribution is 0.414. The summed E-state index contributed by atoms with van der Waals surface area (Å²) < 4.78 is 12.7. The second-order valence-electron chi connectivity index (χ2n) is 7.51. The smallest absolute Gasteiger partial charge is 0.226 e. The van der Waals surface area contributed by atoms with Gasteiger partial charge in [-0.25, -0.2) is 14.7 Å². The highest BCUT2D eigenvalue weighted by Crippen LogP contribution is 2.19. The molecule has 2 N–H and O–H groups in total. The summed E-state index contributed by atoms with van der Waals surface area (Å²) in [6.45, 7) is 5.78. The first kappa shape index (κ1) is 22.1. The van der Waals surface area contributed by atoms with Crippen LogP contribution in [0.3, 0.4) is 0 Å². The molecule has 0 aliphatic rings. The van der Waals surface area contributed by atoms with Crippen LogP contribution in [0.4, 0.5) is 0 Å². The van der Waals surface area contributed by atoms with Crippen molar-refractivity contribution in [1.82, 2.24) is 25.4 Å². The van der Waals surface area contributed by atoms with Gasteiger partial charge < -0.3 is 19.8 Å². The Morgan fingerprint density at radius 2 is 1.82 bits per heavy atom. The summed E-state index contributed by atoms with van der Waals surface area (Å²) in [4.78, 5) is 9.18. The zero-order chi connectivity index (χ0) is 23.0. The molecule has 0 spiro atoms. The number of hydrogen-bond acceptors (Lipinski definition) is 5. The van der Waals surface area contributed by atoms with E-state index in [9.17, 15) is 0 Å². The molecule has 4 aromatic rings. The maximum absolute atomic E-state index is 5.63. The fourth-order valence-electron chi connectivity index (χ4n) is 3.22. The lowest BCUT2D eigenvalue weighted by Gasteiger charge is -2.09. The fourth-order valence-corrected chi connectivity index (χ4v) is 3.22. The molecule has 0 saturated heterocycles. The number of methoxy groups -OCH3 is 1. The average molecular weight is 445 g/mol. The predicted molar refractivity (Wildman–Crippen MR) is 128 cm³/mol. The van der Waals surface area contributed by atoms with Gasteiger partial charge in [0.1, 0.15) is 17.7 Å². The van der Waals surface area contributed by atoms with Crippen molar-refractivity contribution in [3.63, 3.8) is 0 Å². The van der Waals surface area contributed by atoms with E-state index < -0.39 is 0 Å². The molecular weight excluding hydrogens is 416 g/mol. The molecule has 2 aromatic carbocycles. The Bertz CT molecular complexity index is 1190. The van der Waals surface area contributed by atoms with Crippen LogP contribution in [0.15, 0.2) is 76.5 Å². The summed E-state index contributed by atoms with van der Waals surface area (Å²) in [5, 5.41) is 11.2. The molecule has 0 aliphatic heterocycles. The van der Waals surface area contributed by atoms with Crippen LogP contribution in [-0.4, -0.2) is 34.4 Å². The highest BCUT2D eigenvalue weighted by Gasteiger charge is 2.08. The third-order valence-electron chi connectivity index (χ3n) is 5.01. The van der Waals surface area contributed by atoms with E-state index in [-0.39, 0.29) is 0 Å². The Morgan fingerprint density at radius 1 is 1.03 bits per heavy atom. The SMILES string of the molecule is CCNC(=NCc1coc(-c2ccc(C)cc2)n1)NCc1ccn(-c2ccc(OC)cc2)n1. The fraction of sp³-hybridized carbons (Fsp3) is 0.240. The Hall–Kier alpha value is -4.07. The number of nitrogens with zero attached hydrogens (tertiary/aromatic N) is 4. The van der Waals surface area contributed by atoms with Gasteiger partial charge in [-0.05, 0) is 56.3 Å². The van der Waals surface area contributed by atoms with Gasteiger partial charge in [-0.1, -0.05) is 17.7 Å². The quantitative estimate of drug-likeness (QED) is 0.314. The van der Waals surface area contributed by atoms with Crippen molar-refractivity contribution in [2.45, 2.75) is 26.9 Å². The van der Waals surface area contributed by atoms with Crippen LogP contribution in [-0.2, 0) is 13.1 Å². The molecule has 2 aromatic heterocycles. The summed E-state index contributed by atoms with van der Waals surface area (Å²) in [7, 11) is 1.65. The van der Waals surface area contributed by atoms with E-state index in [1.165, 1.54) is 5.56 Å². The van der Waals surface area contributed by atoms with Gasteiger partial charge in [0.25, 0.3) is 0 Å². The summed E-state index contributed by atoms with van der Waals surface area (Å²) in [6, 6.07) is 17.8. The Balaban J connectivity index is 1.37. The van der Waals surface area contributed by atoms with Gasteiger partial charge in [-0.15, -0.1) is 0 Å². The van der Waals surface area contributed by atoms with Crippen molar-refractivity contribution < 1.29 is 9.15 Å². The molecule has 33 heavy (non-hydrogen) atoms. The molecule has 2 heterocycles. The van der Waals surface area contributed by atoms with Crippen LogP contribution in [0.2, 0.25) is 0 Å². The molecular formula is C25H28N6O2. The van der Waals surface area contributed by atoms with Crippen molar-refractivity contribution in [3.05, 3.63) is 84.0 Å². The first-order valence-corrected chi connectivity index (χ1v) is 10.9. The van der Waals surface area contributed by atoms with Crippen molar-refractivity contribution in [3.8, 4) is 22.9 Å². The maximum Gasteiger partial charge on any atom is 0.226 e. The number of ether oxygens (including phenoxy) is 1.